The Balaban J connectivity index is 4.49. The molecule has 8 nitrogen and oxygen atoms in total. The van der Waals surface area contributed by atoms with E-state index in [2.05, 4.69) is 36.5 Å². The van der Waals surface area contributed by atoms with Crippen LogP contribution < -0.4 is 5.32 Å². The minimum Gasteiger partial charge on any atom is -0.387 e. The number of hydrogen-bond donors (Lipinski definition) is 3. The molecule has 0 aromatic heterocycles. The van der Waals surface area contributed by atoms with E-state index in [4.69, 9.17) is 9.05 Å². The molecule has 0 aliphatic rings. The maximum atomic E-state index is 12.1. The number of carbonyl (C=O) groups is 1. The molecule has 198 valence electrons. The summed E-state index contributed by atoms with van der Waals surface area (Å²) in [5.41, 5.74) is 0. The number of quaternary nitrogens is 1. The van der Waals surface area contributed by atoms with Crippen LogP contribution in [0.25, 0.3) is 0 Å². The number of nitrogens with one attached hydrogen (secondary N) is 1. The Kier molecular flexibility index (Phi) is 18.3. The second-order valence-corrected chi connectivity index (χ2v) is 10.8. The zero-order valence-electron chi connectivity index (χ0n) is 21.8. The predicted molar refractivity (Wildman–Crippen MR) is 138 cm³/mol. The highest BCUT2D eigenvalue weighted by atomic mass is 31.2. The van der Waals surface area contributed by atoms with Crippen LogP contribution in [0.5, 0.6) is 0 Å². The van der Waals surface area contributed by atoms with Crippen molar-refractivity contribution in [3.63, 3.8) is 0 Å². The number of likely N-dealkylation sites (N-methyl/N-ethyl adjacent to an activating group) is 1. The molecular formula is C25H48N2O6P+. The van der Waals surface area contributed by atoms with Gasteiger partial charge in [-0.1, -0.05) is 63.1 Å². The Morgan fingerprint density at radius 2 is 1.53 bits per heavy atom. The zero-order chi connectivity index (χ0) is 25.9. The Morgan fingerprint density at radius 1 is 0.971 bits per heavy atom. The normalized spacial score (nSPS) is 16.3. The Bertz CT molecular complexity index is 673. The van der Waals surface area contributed by atoms with E-state index in [1.165, 1.54) is 12.8 Å². The van der Waals surface area contributed by atoms with Gasteiger partial charge in [0.15, 0.2) is 0 Å². The highest BCUT2D eigenvalue weighted by molar-refractivity contribution is 7.47. The van der Waals surface area contributed by atoms with Crippen molar-refractivity contribution in [2.24, 2.45) is 0 Å². The number of amides is 1. The van der Waals surface area contributed by atoms with Crippen molar-refractivity contribution < 1.29 is 32.9 Å². The van der Waals surface area contributed by atoms with Crippen molar-refractivity contribution in [3.05, 3.63) is 36.5 Å². The number of hydrogen-bond acceptors (Lipinski definition) is 5. The van der Waals surface area contributed by atoms with Crippen LogP contribution in [0.4, 0.5) is 0 Å². The molecule has 0 aliphatic carbocycles. The lowest BCUT2D eigenvalue weighted by molar-refractivity contribution is -0.870. The highest BCUT2D eigenvalue weighted by Crippen LogP contribution is 2.43. The van der Waals surface area contributed by atoms with Gasteiger partial charge in [0.2, 0.25) is 5.91 Å². The van der Waals surface area contributed by atoms with Gasteiger partial charge in [0.1, 0.15) is 13.2 Å². The molecule has 0 aromatic carbocycles. The van der Waals surface area contributed by atoms with Crippen molar-refractivity contribution in [3.8, 4) is 0 Å². The molecule has 3 unspecified atom stereocenters. The molecule has 0 bridgehead atoms. The van der Waals surface area contributed by atoms with Crippen LogP contribution >= 0.6 is 7.82 Å². The summed E-state index contributed by atoms with van der Waals surface area (Å²) >= 11 is 0. The number of nitrogens with zero attached hydrogens (tertiary/aromatic N) is 1. The van der Waals surface area contributed by atoms with Crippen molar-refractivity contribution in [2.45, 2.75) is 77.4 Å². The van der Waals surface area contributed by atoms with Gasteiger partial charge in [0, 0.05) is 6.42 Å². The van der Waals surface area contributed by atoms with E-state index >= 15 is 0 Å². The average molecular weight is 504 g/mol. The maximum absolute atomic E-state index is 12.1. The molecule has 0 aromatic rings. The number of phosphoric acid groups is 1. The molecule has 0 heterocycles. The van der Waals surface area contributed by atoms with Gasteiger partial charge in [-0.2, -0.15) is 0 Å². The van der Waals surface area contributed by atoms with E-state index < -0.39 is 20.0 Å². The summed E-state index contributed by atoms with van der Waals surface area (Å²) in [5, 5.41) is 13.1. The van der Waals surface area contributed by atoms with Crippen molar-refractivity contribution in [2.75, 3.05) is 40.9 Å². The topological polar surface area (TPSA) is 105 Å². The molecule has 0 aliphatic heterocycles. The van der Waals surface area contributed by atoms with Crippen LogP contribution in [0.15, 0.2) is 36.5 Å². The minimum atomic E-state index is -4.29. The van der Waals surface area contributed by atoms with Gasteiger partial charge in [0.25, 0.3) is 0 Å². The van der Waals surface area contributed by atoms with Crippen molar-refractivity contribution >= 4 is 13.7 Å². The summed E-state index contributed by atoms with van der Waals surface area (Å²) in [6.07, 6.45) is 18.6. The summed E-state index contributed by atoms with van der Waals surface area (Å²) in [4.78, 5) is 21.7. The summed E-state index contributed by atoms with van der Waals surface area (Å²) in [7, 11) is 1.52. The monoisotopic (exact) mass is 503 g/mol. The first-order chi connectivity index (χ1) is 16.0. The number of unbranched alkanes of at least 4 members (excludes halogenated alkanes) is 4. The van der Waals surface area contributed by atoms with E-state index in [0.717, 1.165) is 32.1 Å². The second-order valence-electron chi connectivity index (χ2n) is 9.30. The Morgan fingerprint density at radius 3 is 2.06 bits per heavy atom. The van der Waals surface area contributed by atoms with Gasteiger partial charge in [0.05, 0.1) is 39.9 Å². The molecule has 0 spiro atoms. The molecule has 0 fully saturated rings. The number of aliphatic hydroxyl groups excluding tert-OH is 1. The van der Waals surface area contributed by atoms with Crippen LogP contribution in [-0.2, 0) is 18.4 Å². The van der Waals surface area contributed by atoms with E-state index in [-0.39, 0.29) is 25.5 Å². The highest BCUT2D eigenvalue weighted by Gasteiger charge is 2.27. The van der Waals surface area contributed by atoms with E-state index in [9.17, 15) is 19.4 Å². The lowest BCUT2D eigenvalue weighted by Crippen LogP contribution is -2.45. The fraction of sp³-hybridized carbons (Fsp3) is 0.720. The zero-order valence-corrected chi connectivity index (χ0v) is 22.7. The summed E-state index contributed by atoms with van der Waals surface area (Å²) in [6, 6.07) is -0.860. The molecule has 0 radical (unpaired) electrons. The third-order valence-electron chi connectivity index (χ3n) is 4.90. The van der Waals surface area contributed by atoms with Gasteiger partial charge in [-0.25, -0.2) is 4.57 Å². The van der Waals surface area contributed by atoms with Gasteiger partial charge in [-0.15, -0.1) is 0 Å². The quantitative estimate of drug-likeness (QED) is 0.0978. The van der Waals surface area contributed by atoms with Crippen molar-refractivity contribution in [1.82, 2.24) is 5.32 Å². The molecule has 9 heteroatoms. The lowest BCUT2D eigenvalue weighted by Gasteiger charge is -2.25. The van der Waals surface area contributed by atoms with E-state index in [0.29, 0.717) is 11.0 Å². The predicted octanol–water partition coefficient (Wildman–Crippen LogP) is 4.50. The lowest BCUT2D eigenvalue weighted by atomic mass is 10.1. The SMILES string of the molecule is CCCC/C=C/CC/C=C/CC/C=C/C(O)C(COP(=O)(O)OCC[N+](C)(C)C)NC(=O)CC. The van der Waals surface area contributed by atoms with Gasteiger partial charge in [-0.3, -0.25) is 13.8 Å². The third-order valence-corrected chi connectivity index (χ3v) is 5.89. The van der Waals surface area contributed by atoms with E-state index in [1.54, 1.807) is 13.0 Å². The fourth-order valence-electron chi connectivity index (χ4n) is 2.72. The Labute approximate surface area is 206 Å². The molecule has 3 atom stereocenters. The summed E-state index contributed by atoms with van der Waals surface area (Å²) in [5.74, 6) is -0.286. The molecule has 3 N–H and O–H groups in total. The second kappa shape index (κ2) is 19.0. The minimum absolute atomic E-state index is 0.0500. The van der Waals surface area contributed by atoms with Gasteiger partial charge < -0.3 is 19.8 Å². The Hall–Kier alpha value is -1.28. The van der Waals surface area contributed by atoms with Crippen molar-refractivity contribution in [1.29, 1.82) is 0 Å². The maximum Gasteiger partial charge on any atom is 0.472 e. The average Bonchev–Trinajstić information content (AvgIpc) is 2.75. The van der Waals surface area contributed by atoms with Crippen LogP contribution in [-0.4, -0.2) is 73.4 Å². The van der Waals surface area contributed by atoms with E-state index in [1.807, 2.05) is 27.2 Å². The molecule has 34 heavy (non-hydrogen) atoms. The summed E-state index contributed by atoms with van der Waals surface area (Å²) in [6.45, 7) is 4.11. The number of phosphoric ester groups is 1. The molecule has 0 saturated heterocycles. The smallest absolute Gasteiger partial charge is 0.387 e. The standard InChI is InChI=1S/C25H47N2O6P/c1-6-8-9-10-11-12-13-14-15-16-17-18-19-24(28)23(26-25(29)7-2)22-33-34(30,31)32-21-20-27(3,4)5/h10-11,14-15,18-19,23-24,28H,6-9,12-13,16-17,20-22H2,1-5H3,(H-,26,29,30,31)/p+1/b11-10+,15-14+,19-18+. The van der Waals surface area contributed by atoms with Gasteiger partial charge >= 0.3 is 7.82 Å². The first-order valence-corrected chi connectivity index (χ1v) is 13.9. The van der Waals surface area contributed by atoms with Crippen LogP contribution in [0.3, 0.4) is 0 Å². The largest absolute Gasteiger partial charge is 0.472 e. The number of allylic oxidation sites excluding steroid dienone is 5. The summed E-state index contributed by atoms with van der Waals surface area (Å²) < 4.78 is 22.7. The first kappa shape index (κ1) is 32.7. The van der Waals surface area contributed by atoms with Crippen LogP contribution in [0.1, 0.15) is 65.2 Å². The number of aliphatic hydroxyl groups is 1. The molecular weight excluding hydrogens is 455 g/mol. The molecule has 0 saturated carbocycles. The third kappa shape index (κ3) is 20.1. The number of carbonyl (C=O) groups excluding carboxylic acids is 1. The van der Waals surface area contributed by atoms with Crippen LogP contribution in [0, 0.1) is 0 Å². The van der Waals surface area contributed by atoms with Gasteiger partial charge in [-0.05, 0) is 32.1 Å². The van der Waals surface area contributed by atoms with Crippen LogP contribution in [0.2, 0.25) is 0 Å². The first-order valence-electron chi connectivity index (χ1n) is 12.4. The fourth-order valence-corrected chi connectivity index (χ4v) is 3.46. The number of rotatable bonds is 20. The molecule has 1 amide bonds. The molecule has 0 rings (SSSR count).